The number of hydrogen-bond donors (Lipinski definition) is 1. The van der Waals surface area contributed by atoms with Crippen LogP contribution in [-0.2, 0) is 6.42 Å². The molecule has 2 aromatic rings. The molecule has 0 aliphatic carbocycles. The summed E-state index contributed by atoms with van der Waals surface area (Å²) in [5.41, 5.74) is 3.66. The van der Waals surface area contributed by atoms with E-state index in [9.17, 15) is 0 Å². The second-order valence-electron chi connectivity index (χ2n) is 3.27. The molecule has 6 nitrogen and oxygen atoms in total. The molecule has 0 amide bonds. The molecule has 1 aromatic heterocycles. The van der Waals surface area contributed by atoms with E-state index in [1.54, 1.807) is 6.21 Å². The molecule has 0 fully saturated rings. The van der Waals surface area contributed by atoms with Gasteiger partial charge in [-0.2, -0.15) is 5.10 Å². The fraction of sp³-hybridized carbons (Fsp3) is 0.182. The highest BCUT2D eigenvalue weighted by Gasteiger charge is 1.96. The Labute approximate surface area is 98.8 Å². The van der Waals surface area contributed by atoms with Crippen LogP contribution in [-0.4, -0.2) is 26.6 Å². The maximum absolute atomic E-state index is 3.99. The van der Waals surface area contributed by atoms with Crippen molar-refractivity contribution < 1.29 is 0 Å². The smallest absolute Gasteiger partial charge is 0.243 e. The van der Waals surface area contributed by atoms with Gasteiger partial charge in [0.25, 0.3) is 5.95 Å². The highest BCUT2D eigenvalue weighted by Crippen LogP contribution is 1.96. The molecule has 0 radical (unpaired) electrons. The molecule has 1 N–H and O–H groups in total. The molecule has 0 unspecified atom stereocenters. The summed E-state index contributed by atoms with van der Waals surface area (Å²) in [5, 5.41) is 19.4. The normalized spacial score (nSPS) is 10.6. The summed E-state index contributed by atoms with van der Waals surface area (Å²) < 4.78 is 0. The molecule has 0 saturated heterocycles. The first-order chi connectivity index (χ1) is 8.38. The van der Waals surface area contributed by atoms with Crippen LogP contribution < -0.4 is 5.43 Å². The first-order valence-corrected chi connectivity index (χ1v) is 5.29. The molecule has 0 saturated carbocycles. The number of benzene rings is 1. The minimum absolute atomic E-state index is 0.286. The zero-order valence-electron chi connectivity index (χ0n) is 9.41. The molecule has 0 atom stereocenters. The van der Waals surface area contributed by atoms with Gasteiger partial charge in [-0.05, 0) is 5.56 Å². The summed E-state index contributed by atoms with van der Waals surface area (Å²) in [4.78, 5) is 0. The van der Waals surface area contributed by atoms with E-state index >= 15 is 0 Å². The van der Waals surface area contributed by atoms with Gasteiger partial charge in [-0.15, -0.1) is 20.4 Å². The SMILES string of the molecule is CCc1nnc(N/N=C/c2ccccc2)nn1. The van der Waals surface area contributed by atoms with Gasteiger partial charge in [-0.3, -0.25) is 0 Å². The van der Waals surface area contributed by atoms with Gasteiger partial charge in [0.1, 0.15) is 0 Å². The molecule has 2 rings (SSSR count). The van der Waals surface area contributed by atoms with Crippen molar-refractivity contribution >= 4 is 12.2 Å². The van der Waals surface area contributed by atoms with Crippen LogP contribution in [0.4, 0.5) is 5.95 Å². The Morgan fingerprint density at radius 3 is 2.47 bits per heavy atom. The maximum atomic E-state index is 3.99. The van der Waals surface area contributed by atoms with E-state index in [1.165, 1.54) is 0 Å². The number of nitrogens with zero attached hydrogens (tertiary/aromatic N) is 5. The van der Waals surface area contributed by atoms with E-state index in [-0.39, 0.29) is 5.95 Å². The van der Waals surface area contributed by atoms with E-state index in [1.807, 2.05) is 37.3 Å². The Balaban J connectivity index is 1.95. The van der Waals surface area contributed by atoms with Gasteiger partial charge < -0.3 is 0 Å². The number of hydrazone groups is 1. The molecule has 0 aliphatic rings. The van der Waals surface area contributed by atoms with Crippen molar-refractivity contribution in [1.29, 1.82) is 0 Å². The Kier molecular flexibility index (Phi) is 3.69. The zero-order valence-corrected chi connectivity index (χ0v) is 9.41. The van der Waals surface area contributed by atoms with Crippen molar-refractivity contribution in [2.45, 2.75) is 13.3 Å². The van der Waals surface area contributed by atoms with Crippen LogP contribution in [0.3, 0.4) is 0 Å². The second-order valence-corrected chi connectivity index (χ2v) is 3.27. The summed E-state index contributed by atoms with van der Waals surface area (Å²) in [6.45, 7) is 1.94. The van der Waals surface area contributed by atoms with Crippen molar-refractivity contribution in [1.82, 2.24) is 20.4 Å². The van der Waals surface area contributed by atoms with Crippen molar-refractivity contribution in [2.24, 2.45) is 5.10 Å². The van der Waals surface area contributed by atoms with Crippen LogP contribution >= 0.6 is 0 Å². The third-order valence-electron chi connectivity index (χ3n) is 2.01. The van der Waals surface area contributed by atoms with Crippen LogP contribution in [0.1, 0.15) is 18.3 Å². The van der Waals surface area contributed by atoms with Gasteiger partial charge in [-0.25, -0.2) is 5.43 Å². The Hall–Kier alpha value is -2.37. The van der Waals surface area contributed by atoms with Crippen molar-refractivity contribution in [2.75, 3.05) is 5.43 Å². The van der Waals surface area contributed by atoms with Crippen molar-refractivity contribution in [3.8, 4) is 0 Å². The number of hydrogen-bond acceptors (Lipinski definition) is 6. The minimum Gasteiger partial charge on any atom is -0.243 e. The Bertz CT molecular complexity index is 479. The second kappa shape index (κ2) is 5.64. The Morgan fingerprint density at radius 1 is 1.12 bits per heavy atom. The van der Waals surface area contributed by atoms with E-state index in [2.05, 4.69) is 30.9 Å². The molecular formula is C11H12N6. The molecule has 0 spiro atoms. The van der Waals surface area contributed by atoms with Gasteiger partial charge in [0.15, 0.2) is 5.82 Å². The van der Waals surface area contributed by atoms with Gasteiger partial charge in [-0.1, -0.05) is 37.3 Å². The fourth-order valence-corrected chi connectivity index (χ4v) is 1.14. The molecule has 0 bridgehead atoms. The lowest BCUT2D eigenvalue weighted by atomic mass is 10.2. The largest absolute Gasteiger partial charge is 0.282 e. The predicted octanol–water partition coefficient (Wildman–Crippen LogP) is 1.27. The quantitative estimate of drug-likeness (QED) is 0.630. The molecule has 6 heteroatoms. The number of nitrogens with one attached hydrogen (secondary N) is 1. The molecule has 1 aromatic carbocycles. The van der Waals surface area contributed by atoms with Gasteiger partial charge in [0.05, 0.1) is 6.21 Å². The lowest BCUT2D eigenvalue weighted by Crippen LogP contribution is -2.04. The average Bonchev–Trinajstić information content (AvgIpc) is 2.41. The van der Waals surface area contributed by atoms with Crippen molar-refractivity contribution in [3.63, 3.8) is 0 Å². The summed E-state index contributed by atoms with van der Waals surface area (Å²) in [6, 6.07) is 9.73. The summed E-state index contributed by atoms with van der Waals surface area (Å²) in [6.07, 6.45) is 2.39. The number of rotatable bonds is 4. The molecule has 17 heavy (non-hydrogen) atoms. The van der Waals surface area contributed by atoms with Crippen LogP contribution in [0.25, 0.3) is 0 Å². The molecular weight excluding hydrogens is 216 g/mol. The predicted molar refractivity (Wildman–Crippen MR) is 64.7 cm³/mol. The average molecular weight is 228 g/mol. The number of aromatic nitrogens is 4. The van der Waals surface area contributed by atoms with Gasteiger partial charge >= 0.3 is 0 Å². The highest BCUT2D eigenvalue weighted by atomic mass is 15.4. The van der Waals surface area contributed by atoms with Crippen LogP contribution in [0.2, 0.25) is 0 Å². The van der Waals surface area contributed by atoms with Crippen LogP contribution in [0.5, 0.6) is 0 Å². The van der Waals surface area contributed by atoms with Gasteiger partial charge in [0, 0.05) is 6.42 Å². The third-order valence-corrected chi connectivity index (χ3v) is 2.01. The third kappa shape index (κ3) is 3.30. The van der Waals surface area contributed by atoms with Crippen molar-refractivity contribution in [3.05, 3.63) is 41.7 Å². The topological polar surface area (TPSA) is 76.0 Å². The Morgan fingerprint density at radius 2 is 1.82 bits per heavy atom. The number of anilines is 1. The lowest BCUT2D eigenvalue weighted by Gasteiger charge is -1.96. The lowest BCUT2D eigenvalue weighted by molar-refractivity contribution is 0.771. The van der Waals surface area contributed by atoms with Crippen LogP contribution in [0, 0.1) is 0 Å². The number of aryl methyl sites for hydroxylation is 1. The van der Waals surface area contributed by atoms with E-state index < -0.39 is 0 Å². The zero-order chi connectivity index (χ0) is 11.9. The standard InChI is InChI=1S/C11H12N6/c1-2-10-13-16-11(17-14-10)15-12-8-9-6-4-3-5-7-9/h3-8H,2H2,1H3,(H,15,16,17)/b12-8+. The summed E-state index contributed by atoms with van der Waals surface area (Å²) in [5.74, 6) is 0.900. The maximum Gasteiger partial charge on any atom is 0.282 e. The minimum atomic E-state index is 0.286. The first-order valence-electron chi connectivity index (χ1n) is 5.29. The molecule has 86 valence electrons. The molecule has 0 aliphatic heterocycles. The summed E-state index contributed by atoms with van der Waals surface area (Å²) >= 11 is 0. The van der Waals surface area contributed by atoms with Crippen LogP contribution in [0.15, 0.2) is 35.4 Å². The first kappa shape index (κ1) is 11.1. The van der Waals surface area contributed by atoms with E-state index in [0.717, 1.165) is 5.56 Å². The van der Waals surface area contributed by atoms with E-state index in [4.69, 9.17) is 0 Å². The highest BCUT2D eigenvalue weighted by molar-refractivity contribution is 5.79. The van der Waals surface area contributed by atoms with E-state index in [0.29, 0.717) is 12.2 Å². The van der Waals surface area contributed by atoms with Gasteiger partial charge in [0.2, 0.25) is 0 Å². The molecule has 1 heterocycles. The monoisotopic (exact) mass is 228 g/mol. The summed E-state index contributed by atoms with van der Waals surface area (Å²) in [7, 11) is 0. The fourth-order valence-electron chi connectivity index (χ4n) is 1.14.